The Labute approximate surface area is 131 Å². The minimum Gasteiger partial charge on any atom is -0.467 e. The topological polar surface area (TPSA) is 81.5 Å². The first kappa shape index (κ1) is 16.7. The van der Waals surface area contributed by atoms with E-state index in [1.165, 1.54) is 13.2 Å². The van der Waals surface area contributed by atoms with Crippen LogP contribution < -0.4 is 5.32 Å². The maximum Gasteiger partial charge on any atom is 0.331 e. The summed E-state index contributed by atoms with van der Waals surface area (Å²) in [5.41, 5.74) is -0.721. The molecule has 110 valence electrons. The second kappa shape index (κ2) is 6.87. The molecular weight excluding hydrogens is 375 g/mol. The number of rotatable bonds is 6. The van der Waals surface area contributed by atoms with Gasteiger partial charge in [-0.25, -0.2) is 4.79 Å². The third kappa shape index (κ3) is 3.81. The molecule has 20 heavy (non-hydrogen) atoms. The summed E-state index contributed by atoms with van der Waals surface area (Å²) < 4.78 is 5.55. The summed E-state index contributed by atoms with van der Waals surface area (Å²) in [6, 6.07) is 4.82. The molecule has 1 rings (SSSR count). The Morgan fingerprint density at radius 3 is 2.70 bits per heavy atom. The van der Waals surface area contributed by atoms with Crippen LogP contribution in [-0.2, 0) is 9.53 Å². The molecule has 0 spiro atoms. The third-order valence-corrected chi connectivity index (χ3v) is 3.62. The molecular formula is C13H17IN2O4. The van der Waals surface area contributed by atoms with Gasteiger partial charge in [-0.15, -0.1) is 0 Å². The highest BCUT2D eigenvalue weighted by Crippen LogP contribution is 2.30. The molecule has 0 aliphatic heterocycles. The van der Waals surface area contributed by atoms with Gasteiger partial charge in [-0.3, -0.25) is 10.1 Å². The zero-order chi connectivity index (χ0) is 15.3. The first-order chi connectivity index (χ1) is 9.34. The molecule has 0 amide bonds. The summed E-state index contributed by atoms with van der Waals surface area (Å²) in [4.78, 5) is 22.6. The standard InChI is InChI=1S/C13H17IN2O4/c1-4-7-13(2,12(17)20-3)15-10-6-5-9(14)8-11(10)16(18)19/h5-6,8,15H,4,7H2,1-3H3. The minimum atomic E-state index is -0.985. The van der Waals surface area contributed by atoms with Crippen molar-refractivity contribution >= 4 is 39.9 Å². The summed E-state index contributed by atoms with van der Waals surface area (Å²) in [7, 11) is 1.31. The van der Waals surface area contributed by atoms with Gasteiger partial charge >= 0.3 is 5.97 Å². The zero-order valence-electron chi connectivity index (χ0n) is 11.6. The number of benzene rings is 1. The Balaban J connectivity index is 3.18. The molecule has 0 radical (unpaired) electrons. The lowest BCUT2D eigenvalue weighted by Gasteiger charge is -2.28. The fourth-order valence-corrected chi connectivity index (χ4v) is 2.47. The number of hydrogen-bond donors (Lipinski definition) is 1. The van der Waals surface area contributed by atoms with Gasteiger partial charge in [-0.2, -0.15) is 0 Å². The Bertz CT molecular complexity index is 521. The number of nitro benzene ring substituents is 1. The lowest BCUT2D eigenvalue weighted by atomic mass is 9.95. The van der Waals surface area contributed by atoms with Crippen molar-refractivity contribution in [2.45, 2.75) is 32.2 Å². The number of nitrogens with zero attached hydrogens (tertiary/aromatic N) is 1. The minimum absolute atomic E-state index is 0.0527. The van der Waals surface area contributed by atoms with Crippen molar-refractivity contribution in [3.63, 3.8) is 0 Å². The molecule has 0 aliphatic carbocycles. The van der Waals surface area contributed by atoms with E-state index in [0.717, 1.165) is 9.99 Å². The number of hydrogen-bond acceptors (Lipinski definition) is 5. The molecule has 0 heterocycles. The number of halogens is 1. The van der Waals surface area contributed by atoms with Gasteiger partial charge in [0.2, 0.25) is 0 Å². The van der Waals surface area contributed by atoms with Crippen molar-refractivity contribution in [3.8, 4) is 0 Å². The fraction of sp³-hybridized carbons (Fsp3) is 0.462. The SMILES string of the molecule is CCCC(C)(Nc1ccc(I)cc1[N+](=O)[O-])C(=O)OC. The van der Waals surface area contributed by atoms with Crippen molar-refractivity contribution in [2.75, 3.05) is 12.4 Å². The van der Waals surface area contributed by atoms with Crippen LogP contribution in [0.1, 0.15) is 26.7 Å². The average molecular weight is 392 g/mol. The smallest absolute Gasteiger partial charge is 0.331 e. The van der Waals surface area contributed by atoms with E-state index in [0.29, 0.717) is 12.1 Å². The molecule has 1 unspecified atom stereocenters. The van der Waals surface area contributed by atoms with Crippen LogP contribution in [0.25, 0.3) is 0 Å². The molecule has 0 saturated carbocycles. The molecule has 0 aliphatic rings. The quantitative estimate of drug-likeness (QED) is 0.348. The predicted molar refractivity (Wildman–Crippen MR) is 84.8 cm³/mol. The van der Waals surface area contributed by atoms with Crippen LogP contribution in [0, 0.1) is 13.7 Å². The van der Waals surface area contributed by atoms with E-state index in [1.54, 1.807) is 19.1 Å². The van der Waals surface area contributed by atoms with Crippen LogP contribution in [-0.4, -0.2) is 23.5 Å². The first-order valence-electron chi connectivity index (χ1n) is 6.14. The Morgan fingerprint density at radius 2 is 2.20 bits per heavy atom. The fourth-order valence-electron chi connectivity index (χ4n) is 2.00. The number of anilines is 1. The van der Waals surface area contributed by atoms with Crippen molar-refractivity contribution in [1.82, 2.24) is 0 Å². The zero-order valence-corrected chi connectivity index (χ0v) is 13.8. The van der Waals surface area contributed by atoms with Crippen molar-refractivity contribution in [1.29, 1.82) is 0 Å². The second-order valence-electron chi connectivity index (χ2n) is 4.62. The number of methoxy groups -OCH3 is 1. The molecule has 1 atom stereocenters. The Hall–Kier alpha value is -1.38. The van der Waals surface area contributed by atoms with Crippen LogP contribution in [0.2, 0.25) is 0 Å². The molecule has 0 fully saturated rings. The molecule has 7 heteroatoms. The van der Waals surface area contributed by atoms with Crippen LogP contribution in [0.3, 0.4) is 0 Å². The monoisotopic (exact) mass is 392 g/mol. The van der Waals surface area contributed by atoms with E-state index in [2.05, 4.69) is 5.32 Å². The van der Waals surface area contributed by atoms with E-state index in [4.69, 9.17) is 4.74 Å². The van der Waals surface area contributed by atoms with Crippen LogP contribution in [0.4, 0.5) is 11.4 Å². The summed E-state index contributed by atoms with van der Waals surface area (Å²) in [6.45, 7) is 3.62. The number of nitro groups is 1. The lowest BCUT2D eigenvalue weighted by Crippen LogP contribution is -2.44. The van der Waals surface area contributed by atoms with E-state index in [-0.39, 0.29) is 5.69 Å². The summed E-state index contributed by atoms with van der Waals surface area (Å²) >= 11 is 2.01. The molecule has 1 N–H and O–H groups in total. The normalized spacial score (nSPS) is 13.4. The van der Waals surface area contributed by atoms with Crippen LogP contribution in [0.5, 0.6) is 0 Å². The highest BCUT2D eigenvalue weighted by atomic mass is 127. The summed E-state index contributed by atoms with van der Waals surface area (Å²) in [6.07, 6.45) is 1.26. The molecule has 6 nitrogen and oxygen atoms in total. The van der Waals surface area contributed by atoms with E-state index in [1.807, 2.05) is 29.5 Å². The van der Waals surface area contributed by atoms with Crippen molar-refractivity contribution in [2.24, 2.45) is 0 Å². The predicted octanol–water partition coefficient (Wildman–Crippen LogP) is 3.34. The van der Waals surface area contributed by atoms with Crippen LogP contribution >= 0.6 is 22.6 Å². The van der Waals surface area contributed by atoms with E-state index >= 15 is 0 Å². The maximum atomic E-state index is 11.9. The number of carbonyl (C=O) groups is 1. The van der Waals surface area contributed by atoms with Gasteiger partial charge in [0.25, 0.3) is 5.69 Å². The highest BCUT2D eigenvalue weighted by molar-refractivity contribution is 14.1. The van der Waals surface area contributed by atoms with Gasteiger partial charge < -0.3 is 10.1 Å². The van der Waals surface area contributed by atoms with Gasteiger partial charge in [-0.1, -0.05) is 13.3 Å². The summed E-state index contributed by atoms with van der Waals surface area (Å²) in [5.74, 6) is -0.438. The average Bonchev–Trinajstić information content (AvgIpc) is 2.39. The third-order valence-electron chi connectivity index (χ3n) is 2.95. The Kier molecular flexibility index (Phi) is 5.73. The molecule has 0 saturated heterocycles. The number of esters is 1. The summed E-state index contributed by atoms with van der Waals surface area (Å²) in [5, 5.41) is 14.1. The maximum absolute atomic E-state index is 11.9. The molecule has 0 bridgehead atoms. The van der Waals surface area contributed by atoms with Gasteiger partial charge in [-0.05, 0) is 48.1 Å². The lowest BCUT2D eigenvalue weighted by molar-refractivity contribution is -0.384. The molecule has 1 aromatic rings. The van der Waals surface area contributed by atoms with Crippen LogP contribution in [0.15, 0.2) is 18.2 Å². The van der Waals surface area contributed by atoms with Crippen molar-refractivity contribution < 1.29 is 14.5 Å². The van der Waals surface area contributed by atoms with Gasteiger partial charge in [0.1, 0.15) is 11.2 Å². The van der Waals surface area contributed by atoms with Gasteiger partial charge in [0, 0.05) is 9.64 Å². The van der Waals surface area contributed by atoms with Gasteiger partial charge in [0.05, 0.1) is 12.0 Å². The van der Waals surface area contributed by atoms with E-state index < -0.39 is 16.4 Å². The molecule has 1 aromatic carbocycles. The number of carbonyl (C=O) groups excluding carboxylic acids is 1. The first-order valence-corrected chi connectivity index (χ1v) is 7.22. The van der Waals surface area contributed by atoms with Gasteiger partial charge in [0.15, 0.2) is 0 Å². The number of nitrogens with one attached hydrogen (secondary N) is 1. The van der Waals surface area contributed by atoms with Crippen molar-refractivity contribution in [3.05, 3.63) is 31.9 Å². The largest absolute Gasteiger partial charge is 0.467 e. The number of ether oxygens (including phenoxy) is 1. The highest BCUT2D eigenvalue weighted by Gasteiger charge is 2.35. The van der Waals surface area contributed by atoms with E-state index in [9.17, 15) is 14.9 Å². The second-order valence-corrected chi connectivity index (χ2v) is 5.86. The Morgan fingerprint density at radius 1 is 1.55 bits per heavy atom. The molecule has 0 aromatic heterocycles.